The maximum absolute atomic E-state index is 12.3. The van der Waals surface area contributed by atoms with Crippen molar-refractivity contribution in [3.05, 3.63) is 0 Å². The monoisotopic (exact) mass is 240 g/mol. The smallest absolute Gasteiger partial charge is 0.251 e. The molecule has 4 nitrogen and oxygen atoms in total. The molecule has 3 unspecified atom stereocenters. The highest BCUT2D eigenvalue weighted by Crippen LogP contribution is 2.29. The van der Waals surface area contributed by atoms with E-state index >= 15 is 0 Å². The summed E-state index contributed by atoms with van der Waals surface area (Å²) in [7, 11) is 0. The van der Waals surface area contributed by atoms with Crippen LogP contribution in [0.25, 0.3) is 0 Å². The molecule has 3 atom stereocenters. The number of nitrogens with two attached hydrogens (primary N) is 1. The van der Waals surface area contributed by atoms with Gasteiger partial charge in [0, 0.05) is 19.1 Å². The summed E-state index contributed by atoms with van der Waals surface area (Å²) >= 11 is 0. The van der Waals surface area contributed by atoms with Crippen LogP contribution in [0.2, 0.25) is 0 Å². The number of nitrogens with zero attached hydrogens (tertiary/aromatic N) is 1. The molecular weight excluding hydrogens is 216 g/mol. The van der Waals surface area contributed by atoms with E-state index in [1.54, 1.807) is 0 Å². The van der Waals surface area contributed by atoms with Gasteiger partial charge in [-0.3, -0.25) is 4.79 Å². The fourth-order valence-electron chi connectivity index (χ4n) is 2.75. The van der Waals surface area contributed by atoms with Gasteiger partial charge < -0.3 is 15.4 Å². The van der Waals surface area contributed by atoms with Crippen molar-refractivity contribution >= 4 is 5.91 Å². The highest BCUT2D eigenvalue weighted by molar-refractivity contribution is 5.81. The van der Waals surface area contributed by atoms with Crippen LogP contribution in [0.5, 0.6) is 0 Å². The molecule has 0 aliphatic carbocycles. The molecule has 0 radical (unpaired) electrons. The number of hydrogen-bond acceptors (Lipinski definition) is 3. The number of ether oxygens (including phenoxy) is 1. The van der Waals surface area contributed by atoms with Crippen LogP contribution in [0.4, 0.5) is 0 Å². The Morgan fingerprint density at radius 3 is 2.59 bits per heavy atom. The fourth-order valence-corrected chi connectivity index (χ4v) is 2.75. The Morgan fingerprint density at radius 2 is 2.06 bits per heavy atom. The quantitative estimate of drug-likeness (QED) is 0.748. The van der Waals surface area contributed by atoms with E-state index in [1.165, 1.54) is 0 Å². The first-order valence-corrected chi connectivity index (χ1v) is 6.60. The second kappa shape index (κ2) is 4.58. The zero-order chi connectivity index (χ0) is 12.6. The summed E-state index contributed by atoms with van der Waals surface area (Å²) in [5.74, 6) is 0.161. The molecule has 0 spiro atoms. The second-order valence-electron chi connectivity index (χ2n) is 6.16. The Hall–Kier alpha value is -0.610. The summed E-state index contributed by atoms with van der Waals surface area (Å²) in [6, 6.07) is 0.190. The Labute approximate surface area is 103 Å². The van der Waals surface area contributed by atoms with Gasteiger partial charge in [0.05, 0.1) is 6.10 Å². The van der Waals surface area contributed by atoms with Crippen molar-refractivity contribution in [1.29, 1.82) is 0 Å². The van der Waals surface area contributed by atoms with Gasteiger partial charge in [0.1, 0.15) is 6.10 Å². The molecule has 2 heterocycles. The molecule has 2 aliphatic rings. The number of likely N-dealkylation sites (tertiary alicyclic amines) is 1. The van der Waals surface area contributed by atoms with Gasteiger partial charge in [0.15, 0.2) is 0 Å². The predicted molar refractivity (Wildman–Crippen MR) is 66.5 cm³/mol. The lowest BCUT2D eigenvalue weighted by Crippen LogP contribution is -2.55. The summed E-state index contributed by atoms with van der Waals surface area (Å²) in [6.45, 7) is 7.83. The number of hydrogen-bond donors (Lipinski definition) is 1. The summed E-state index contributed by atoms with van der Waals surface area (Å²) in [5, 5.41) is 0. The topological polar surface area (TPSA) is 55.6 Å². The Balaban J connectivity index is 1.97. The standard InChI is InChI=1S/C13H24N2O2/c1-9-4-5-10(17-9)12(16)15-7-6-11(14)13(2,3)8-15/h9-11H,4-8,14H2,1-3H3. The van der Waals surface area contributed by atoms with E-state index in [4.69, 9.17) is 10.5 Å². The molecule has 98 valence electrons. The van der Waals surface area contributed by atoms with Crippen LogP contribution in [0.3, 0.4) is 0 Å². The predicted octanol–water partition coefficient (Wildman–Crippen LogP) is 1.14. The van der Waals surface area contributed by atoms with E-state index in [1.807, 2.05) is 11.8 Å². The normalized spacial score (nSPS) is 37.2. The highest BCUT2D eigenvalue weighted by atomic mass is 16.5. The van der Waals surface area contributed by atoms with Gasteiger partial charge in [-0.1, -0.05) is 13.8 Å². The third-order valence-electron chi connectivity index (χ3n) is 4.13. The third-order valence-corrected chi connectivity index (χ3v) is 4.13. The molecule has 0 aromatic rings. The maximum atomic E-state index is 12.3. The zero-order valence-corrected chi connectivity index (χ0v) is 11.1. The van der Waals surface area contributed by atoms with Crippen LogP contribution in [-0.4, -0.2) is 42.1 Å². The Kier molecular flexibility index (Phi) is 3.46. The lowest BCUT2D eigenvalue weighted by atomic mass is 9.79. The van der Waals surface area contributed by atoms with Crippen molar-refractivity contribution in [2.75, 3.05) is 13.1 Å². The molecule has 4 heteroatoms. The summed E-state index contributed by atoms with van der Waals surface area (Å²) in [4.78, 5) is 14.2. The molecule has 0 bridgehead atoms. The molecular formula is C13H24N2O2. The lowest BCUT2D eigenvalue weighted by molar-refractivity contribution is -0.146. The van der Waals surface area contributed by atoms with Gasteiger partial charge in [-0.2, -0.15) is 0 Å². The molecule has 0 aromatic carbocycles. The number of amides is 1. The van der Waals surface area contributed by atoms with E-state index in [2.05, 4.69) is 13.8 Å². The number of piperidine rings is 1. The van der Waals surface area contributed by atoms with Crippen molar-refractivity contribution in [1.82, 2.24) is 4.90 Å². The van der Waals surface area contributed by atoms with Crippen LogP contribution in [0, 0.1) is 5.41 Å². The van der Waals surface area contributed by atoms with Crippen LogP contribution >= 0.6 is 0 Å². The molecule has 0 saturated carbocycles. The molecule has 2 aliphatic heterocycles. The van der Waals surface area contributed by atoms with Gasteiger partial charge in [-0.25, -0.2) is 0 Å². The molecule has 1 amide bonds. The van der Waals surface area contributed by atoms with Crippen LogP contribution in [-0.2, 0) is 9.53 Å². The zero-order valence-electron chi connectivity index (χ0n) is 11.1. The molecule has 0 aromatic heterocycles. The van der Waals surface area contributed by atoms with Crippen LogP contribution < -0.4 is 5.73 Å². The minimum Gasteiger partial charge on any atom is -0.365 e. The first kappa shape index (κ1) is 12.8. The Morgan fingerprint density at radius 1 is 1.35 bits per heavy atom. The van der Waals surface area contributed by atoms with Gasteiger partial charge in [-0.15, -0.1) is 0 Å². The van der Waals surface area contributed by atoms with Gasteiger partial charge in [-0.05, 0) is 31.6 Å². The van der Waals surface area contributed by atoms with Gasteiger partial charge in [0.25, 0.3) is 5.91 Å². The Bertz CT molecular complexity index is 304. The van der Waals surface area contributed by atoms with E-state index < -0.39 is 0 Å². The van der Waals surface area contributed by atoms with Crippen LogP contribution in [0.1, 0.15) is 40.0 Å². The minimum atomic E-state index is -0.213. The summed E-state index contributed by atoms with van der Waals surface area (Å²) in [6.07, 6.45) is 2.76. The largest absolute Gasteiger partial charge is 0.365 e. The molecule has 2 saturated heterocycles. The molecule has 17 heavy (non-hydrogen) atoms. The molecule has 2 N–H and O–H groups in total. The average molecular weight is 240 g/mol. The van der Waals surface area contributed by atoms with Gasteiger partial charge in [0.2, 0.25) is 0 Å². The first-order chi connectivity index (χ1) is 7.90. The molecule has 2 rings (SSSR count). The van der Waals surface area contributed by atoms with E-state index in [-0.39, 0.29) is 29.6 Å². The number of carbonyl (C=O) groups is 1. The van der Waals surface area contributed by atoms with Crippen molar-refractivity contribution in [3.8, 4) is 0 Å². The molecule has 2 fully saturated rings. The third kappa shape index (κ3) is 2.63. The number of rotatable bonds is 1. The summed E-state index contributed by atoms with van der Waals surface area (Å²) < 4.78 is 5.65. The van der Waals surface area contributed by atoms with E-state index in [9.17, 15) is 4.79 Å². The fraction of sp³-hybridized carbons (Fsp3) is 0.923. The lowest BCUT2D eigenvalue weighted by Gasteiger charge is -2.43. The number of carbonyl (C=O) groups excluding carboxylic acids is 1. The van der Waals surface area contributed by atoms with E-state index in [0.29, 0.717) is 0 Å². The average Bonchev–Trinajstić information content (AvgIpc) is 2.68. The minimum absolute atomic E-state index is 0.0120. The SMILES string of the molecule is CC1CCC(C(=O)N2CCC(N)C(C)(C)C2)O1. The maximum Gasteiger partial charge on any atom is 0.251 e. The van der Waals surface area contributed by atoms with E-state index in [0.717, 1.165) is 32.4 Å². The highest BCUT2D eigenvalue weighted by Gasteiger charge is 2.39. The van der Waals surface area contributed by atoms with Crippen LogP contribution in [0.15, 0.2) is 0 Å². The van der Waals surface area contributed by atoms with Crippen molar-refractivity contribution in [2.45, 2.75) is 58.3 Å². The second-order valence-corrected chi connectivity index (χ2v) is 6.16. The van der Waals surface area contributed by atoms with Crippen molar-refractivity contribution in [2.24, 2.45) is 11.1 Å². The first-order valence-electron chi connectivity index (χ1n) is 6.60. The summed E-state index contributed by atoms with van der Waals surface area (Å²) in [5.41, 5.74) is 6.09. The van der Waals surface area contributed by atoms with Crippen molar-refractivity contribution < 1.29 is 9.53 Å². The van der Waals surface area contributed by atoms with Gasteiger partial charge >= 0.3 is 0 Å². The van der Waals surface area contributed by atoms with Crippen molar-refractivity contribution in [3.63, 3.8) is 0 Å².